The van der Waals surface area contributed by atoms with Gasteiger partial charge in [0.15, 0.2) is 0 Å². The zero-order valence-electron chi connectivity index (χ0n) is 6.80. The third-order valence-corrected chi connectivity index (χ3v) is 1.50. The number of aliphatic hydroxyl groups is 1. The summed E-state index contributed by atoms with van der Waals surface area (Å²) in [5.74, 6) is 0. The Morgan fingerprint density at radius 1 is 1.73 bits per heavy atom. The standard InChI is InChI=1S/C9H13NO/c1-3-4-9(5-6-11)8(2)7-10/h3,11H,1,4-6H2,2H3/b9-8+. The molecule has 0 heterocycles. The van der Waals surface area contributed by atoms with E-state index in [-0.39, 0.29) is 6.61 Å². The zero-order chi connectivity index (χ0) is 8.69. The second kappa shape index (κ2) is 5.70. The summed E-state index contributed by atoms with van der Waals surface area (Å²) in [5.41, 5.74) is 1.67. The van der Waals surface area contributed by atoms with Crippen molar-refractivity contribution < 1.29 is 5.11 Å². The van der Waals surface area contributed by atoms with Gasteiger partial charge in [0, 0.05) is 12.2 Å². The molecule has 1 N–H and O–H groups in total. The number of hydrogen-bond acceptors (Lipinski definition) is 2. The van der Waals surface area contributed by atoms with Gasteiger partial charge in [-0.2, -0.15) is 5.26 Å². The smallest absolute Gasteiger partial charge is 0.0943 e. The Morgan fingerprint density at radius 3 is 2.73 bits per heavy atom. The summed E-state index contributed by atoms with van der Waals surface area (Å²) in [6.07, 6.45) is 3.01. The van der Waals surface area contributed by atoms with E-state index in [1.807, 2.05) is 0 Å². The average molecular weight is 151 g/mol. The molecule has 0 aromatic rings. The lowest BCUT2D eigenvalue weighted by Gasteiger charge is -2.01. The first kappa shape index (κ1) is 9.93. The number of hydrogen-bond donors (Lipinski definition) is 1. The van der Waals surface area contributed by atoms with E-state index in [1.54, 1.807) is 13.0 Å². The first-order valence-electron chi connectivity index (χ1n) is 3.56. The highest BCUT2D eigenvalue weighted by molar-refractivity contribution is 5.26. The molecule has 2 heteroatoms. The lowest BCUT2D eigenvalue weighted by molar-refractivity contribution is 0.298. The predicted octanol–water partition coefficient (Wildman–Crippen LogP) is 1.78. The maximum Gasteiger partial charge on any atom is 0.0943 e. The van der Waals surface area contributed by atoms with Crippen molar-refractivity contribution in [1.82, 2.24) is 0 Å². The summed E-state index contributed by atoms with van der Waals surface area (Å²) in [7, 11) is 0. The van der Waals surface area contributed by atoms with Gasteiger partial charge in [0.25, 0.3) is 0 Å². The lowest BCUT2D eigenvalue weighted by atomic mass is 10.0. The molecule has 0 unspecified atom stereocenters. The van der Waals surface area contributed by atoms with Crippen molar-refractivity contribution >= 4 is 0 Å². The molecular weight excluding hydrogens is 138 g/mol. The second-order valence-corrected chi connectivity index (χ2v) is 2.31. The van der Waals surface area contributed by atoms with Crippen molar-refractivity contribution in [3.63, 3.8) is 0 Å². The monoisotopic (exact) mass is 151 g/mol. The fraction of sp³-hybridized carbons (Fsp3) is 0.444. The highest BCUT2D eigenvalue weighted by atomic mass is 16.2. The third-order valence-electron chi connectivity index (χ3n) is 1.50. The molecule has 0 aliphatic heterocycles. The van der Waals surface area contributed by atoms with E-state index in [0.717, 1.165) is 5.57 Å². The van der Waals surface area contributed by atoms with Gasteiger partial charge in [0.05, 0.1) is 6.07 Å². The molecule has 0 aromatic heterocycles. The van der Waals surface area contributed by atoms with Gasteiger partial charge in [0.2, 0.25) is 0 Å². The Morgan fingerprint density at radius 2 is 2.36 bits per heavy atom. The van der Waals surface area contributed by atoms with Crippen LogP contribution in [0.4, 0.5) is 0 Å². The van der Waals surface area contributed by atoms with Crippen molar-refractivity contribution in [3.05, 3.63) is 23.8 Å². The molecule has 0 amide bonds. The van der Waals surface area contributed by atoms with Crippen molar-refractivity contribution in [2.75, 3.05) is 6.61 Å². The maximum absolute atomic E-state index is 8.63. The van der Waals surface area contributed by atoms with Crippen LogP contribution >= 0.6 is 0 Å². The molecule has 0 atom stereocenters. The van der Waals surface area contributed by atoms with Gasteiger partial charge in [-0.15, -0.1) is 6.58 Å². The number of allylic oxidation sites excluding steroid dienone is 2. The Balaban J connectivity index is 4.32. The van der Waals surface area contributed by atoms with Crippen molar-refractivity contribution in [2.24, 2.45) is 0 Å². The summed E-state index contributed by atoms with van der Waals surface area (Å²) in [6, 6.07) is 2.06. The normalized spacial score (nSPS) is 11.7. The molecule has 2 nitrogen and oxygen atoms in total. The van der Waals surface area contributed by atoms with E-state index in [9.17, 15) is 0 Å². The minimum atomic E-state index is 0.0994. The topological polar surface area (TPSA) is 44.0 Å². The fourth-order valence-corrected chi connectivity index (χ4v) is 0.831. The van der Waals surface area contributed by atoms with Gasteiger partial charge >= 0.3 is 0 Å². The van der Waals surface area contributed by atoms with E-state index in [2.05, 4.69) is 12.6 Å². The molecule has 11 heavy (non-hydrogen) atoms. The zero-order valence-corrected chi connectivity index (χ0v) is 6.80. The molecule has 0 aliphatic rings. The Kier molecular flexibility index (Phi) is 5.14. The van der Waals surface area contributed by atoms with Crippen LogP contribution in [-0.2, 0) is 0 Å². The molecule has 60 valence electrons. The number of nitriles is 1. The predicted molar refractivity (Wildman–Crippen MR) is 44.8 cm³/mol. The van der Waals surface area contributed by atoms with Crippen LogP contribution in [0.3, 0.4) is 0 Å². The second-order valence-electron chi connectivity index (χ2n) is 2.31. The molecule has 0 rings (SSSR count). The number of rotatable bonds is 4. The van der Waals surface area contributed by atoms with Crippen LogP contribution in [0, 0.1) is 11.3 Å². The van der Waals surface area contributed by atoms with Crippen molar-refractivity contribution in [2.45, 2.75) is 19.8 Å². The Hall–Kier alpha value is -1.07. The first-order chi connectivity index (χ1) is 5.26. The Bertz CT molecular complexity index is 198. The summed E-state index contributed by atoms with van der Waals surface area (Å²) in [4.78, 5) is 0. The quantitative estimate of drug-likeness (QED) is 0.491. The maximum atomic E-state index is 8.63. The van der Waals surface area contributed by atoms with Crippen LogP contribution in [-0.4, -0.2) is 11.7 Å². The van der Waals surface area contributed by atoms with E-state index < -0.39 is 0 Å². The minimum Gasteiger partial charge on any atom is -0.396 e. The minimum absolute atomic E-state index is 0.0994. The molecule has 0 bridgehead atoms. The summed E-state index contributed by atoms with van der Waals surface area (Å²) >= 11 is 0. The SMILES string of the molecule is C=CC/C(CCO)=C(/C)C#N. The average Bonchev–Trinajstić information content (AvgIpc) is 2.03. The number of nitrogens with zero attached hydrogens (tertiary/aromatic N) is 1. The van der Waals surface area contributed by atoms with Gasteiger partial charge in [-0.25, -0.2) is 0 Å². The van der Waals surface area contributed by atoms with Gasteiger partial charge in [0.1, 0.15) is 0 Å². The molecule has 0 aliphatic carbocycles. The molecule has 0 spiro atoms. The molecule has 0 saturated carbocycles. The van der Waals surface area contributed by atoms with Crippen LogP contribution in [0.1, 0.15) is 19.8 Å². The molecule has 0 radical (unpaired) electrons. The van der Waals surface area contributed by atoms with Gasteiger partial charge < -0.3 is 5.11 Å². The molecule has 0 saturated heterocycles. The molecule has 0 fully saturated rings. The molecule has 0 aromatic carbocycles. The van der Waals surface area contributed by atoms with Crippen LogP contribution < -0.4 is 0 Å². The van der Waals surface area contributed by atoms with Crippen molar-refractivity contribution in [3.8, 4) is 6.07 Å². The number of aliphatic hydroxyl groups excluding tert-OH is 1. The summed E-state index contributed by atoms with van der Waals surface area (Å²) in [6.45, 7) is 5.43. The molecular formula is C9H13NO. The van der Waals surface area contributed by atoms with E-state index in [0.29, 0.717) is 18.4 Å². The summed E-state index contributed by atoms with van der Waals surface area (Å²) < 4.78 is 0. The van der Waals surface area contributed by atoms with Crippen LogP contribution in [0.5, 0.6) is 0 Å². The van der Waals surface area contributed by atoms with Gasteiger partial charge in [-0.3, -0.25) is 0 Å². The van der Waals surface area contributed by atoms with Gasteiger partial charge in [-0.1, -0.05) is 11.6 Å². The van der Waals surface area contributed by atoms with Gasteiger partial charge in [-0.05, 0) is 19.8 Å². The van der Waals surface area contributed by atoms with E-state index in [4.69, 9.17) is 10.4 Å². The largest absolute Gasteiger partial charge is 0.396 e. The van der Waals surface area contributed by atoms with Crippen LogP contribution in [0.15, 0.2) is 23.8 Å². The highest BCUT2D eigenvalue weighted by Crippen LogP contribution is 2.12. The first-order valence-corrected chi connectivity index (χ1v) is 3.56. The summed E-state index contributed by atoms with van der Waals surface area (Å²) in [5, 5.41) is 17.2. The van der Waals surface area contributed by atoms with Crippen LogP contribution in [0.25, 0.3) is 0 Å². The Labute approximate surface area is 67.5 Å². The third kappa shape index (κ3) is 3.59. The van der Waals surface area contributed by atoms with E-state index >= 15 is 0 Å². The van der Waals surface area contributed by atoms with E-state index in [1.165, 1.54) is 0 Å². The highest BCUT2D eigenvalue weighted by Gasteiger charge is 1.98. The lowest BCUT2D eigenvalue weighted by Crippen LogP contribution is -1.90. The van der Waals surface area contributed by atoms with Crippen molar-refractivity contribution in [1.29, 1.82) is 5.26 Å². The fourth-order valence-electron chi connectivity index (χ4n) is 0.831. The van der Waals surface area contributed by atoms with Crippen LogP contribution in [0.2, 0.25) is 0 Å².